The van der Waals surface area contributed by atoms with E-state index in [4.69, 9.17) is 8.92 Å². The van der Waals surface area contributed by atoms with E-state index in [9.17, 15) is 18.3 Å². The number of likely N-dealkylation sites (tertiary alicyclic amines) is 1. The Morgan fingerprint density at radius 3 is 2.53 bits per heavy atom. The van der Waals surface area contributed by atoms with Crippen molar-refractivity contribution >= 4 is 16.2 Å². The summed E-state index contributed by atoms with van der Waals surface area (Å²) in [6, 6.07) is 15.7. The SMILES string of the molecule is Cc1ccc(S(=O)(=O)OCCC2(O)CCCN(C(=O)OCc3ccccc3)C2)cc1. The minimum atomic E-state index is -3.89. The quantitative estimate of drug-likeness (QED) is 0.674. The molecular weight excluding hydrogens is 406 g/mol. The number of hydrogen-bond acceptors (Lipinski definition) is 6. The monoisotopic (exact) mass is 433 g/mol. The Morgan fingerprint density at radius 2 is 1.83 bits per heavy atom. The first-order valence-corrected chi connectivity index (χ1v) is 11.3. The predicted molar refractivity (Wildman–Crippen MR) is 111 cm³/mol. The van der Waals surface area contributed by atoms with Crippen molar-refractivity contribution in [3.8, 4) is 0 Å². The lowest BCUT2D eigenvalue weighted by molar-refractivity contribution is -0.0423. The van der Waals surface area contributed by atoms with Crippen molar-refractivity contribution in [2.45, 2.75) is 43.3 Å². The standard InChI is InChI=1S/C22H27NO6S/c1-18-8-10-20(11-9-18)30(26,27)29-15-13-22(25)12-5-14-23(17-22)21(24)28-16-19-6-3-2-4-7-19/h2-4,6-11,25H,5,12-17H2,1H3. The minimum absolute atomic E-state index is 0.0779. The molecule has 0 bridgehead atoms. The lowest BCUT2D eigenvalue weighted by Gasteiger charge is -2.38. The molecule has 1 N–H and O–H groups in total. The normalized spacial score (nSPS) is 19.5. The summed E-state index contributed by atoms with van der Waals surface area (Å²) in [5, 5.41) is 10.9. The van der Waals surface area contributed by atoms with Crippen LogP contribution in [0.2, 0.25) is 0 Å². The molecule has 2 aromatic rings. The summed E-state index contributed by atoms with van der Waals surface area (Å²) in [5.41, 5.74) is 0.616. The Hall–Kier alpha value is -2.42. The summed E-state index contributed by atoms with van der Waals surface area (Å²) in [4.78, 5) is 13.9. The third kappa shape index (κ3) is 6.04. The lowest BCUT2D eigenvalue weighted by atomic mass is 9.90. The van der Waals surface area contributed by atoms with E-state index in [2.05, 4.69) is 0 Å². The van der Waals surface area contributed by atoms with E-state index in [-0.39, 0.29) is 31.1 Å². The van der Waals surface area contributed by atoms with Crippen molar-refractivity contribution in [2.24, 2.45) is 0 Å². The molecule has 0 aliphatic carbocycles. The van der Waals surface area contributed by atoms with Crippen LogP contribution in [-0.2, 0) is 25.6 Å². The highest BCUT2D eigenvalue weighted by Gasteiger charge is 2.36. The molecule has 1 unspecified atom stereocenters. The number of aliphatic hydroxyl groups is 1. The molecular formula is C22H27NO6S. The fourth-order valence-corrected chi connectivity index (χ4v) is 4.31. The minimum Gasteiger partial charge on any atom is -0.445 e. The molecule has 0 aromatic heterocycles. The van der Waals surface area contributed by atoms with E-state index in [0.29, 0.717) is 19.4 Å². The fraction of sp³-hybridized carbons (Fsp3) is 0.409. The summed E-state index contributed by atoms with van der Waals surface area (Å²) < 4.78 is 35.0. The van der Waals surface area contributed by atoms with Gasteiger partial charge >= 0.3 is 6.09 Å². The molecule has 162 valence electrons. The van der Waals surface area contributed by atoms with Crippen LogP contribution in [0.5, 0.6) is 0 Å². The van der Waals surface area contributed by atoms with Gasteiger partial charge in [-0.2, -0.15) is 8.42 Å². The van der Waals surface area contributed by atoms with Gasteiger partial charge in [-0.15, -0.1) is 0 Å². The Bertz CT molecular complexity index is 945. The molecule has 1 heterocycles. The van der Waals surface area contributed by atoms with Gasteiger partial charge < -0.3 is 14.7 Å². The highest BCUT2D eigenvalue weighted by Crippen LogP contribution is 2.26. The molecule has 1 fully saturated rings. The predicted octanol–water partition coefficient (Wildman–Crippen LogP) is 3.25. The average molecular weight is 434 g/mol. The maximum atomic E-state index is 12.4. The summed E-state index contributed by atoms with van der Waals surface area (Å²) in [6.45, 7) is 2.42. The van der Waals surface area contributed by atoms with Gasteiger partial charge in [0.25, 0.3) is 10.1 Å². The zero-order valence-corrected chi connectivity index (χ0v) is 17.8. The number of ether oxygens (including phenoxy) is 1. The van der Waals surface area contributed by atoms with Gasteiger partial charge in [0.05, 0.1) is 23.6 Å². The molecule has 0 spiro atoms. The molecule has 1 amide bonds. The number of rotatable bonds is 7. The van der Waals surface area contributed by atoms with Crippen LogP contribution in [-0.4, -0.2) is 49.8 Å². The van der Waals surface area contributed by atoms with Crippen LogP contribution in [0, 0.1) is 6.92 Å². The van der Waals surface area contributed by atoms with Crippen LogP contribution in [0.15, 0.2) is 59.5 Å². The first-order chi connectivity index (χ1) is 14.3. The lowest BCUT2D eigenvalue weighted by Crippen LogP contribution is -2.51. The van der Waals surface area contributed by atoms with Gasteiger partial charge in [-0.1, -0.05) is 48.0 Å². The molecule has 1 atom stereocenters. The van der Waals surface area contributed by atoms with Crippen molar-refractivity contribution in [2.75, 3.05) is 19.7 Å². The van der Waals surface area contributed by atoms with E-state index in [0.717, 1.165) is 11.1 Å². The van der Waals surface area contributed by atoms with Crippen molar-refractivity contribution in [3.05, 3.63) is 65.7 Å². The molecule has 3 rings (SSSR count). The van der Waals surface area contributed by atoms with E-state index >= 15 is 0 Å². The van der Waals surface area contributed by atoms with Gasteiger partial charge in [-0.3, -0.25) is 4.18 Å². The number of carbonyl (C=O) groups excluding carboxylic acids is 1. The third-order valence-corrected chi connectivity index (χ3v) is 6.46. The first kappa shape index (κ1) is 22.3. The highest BCUT2D eigenvalue weighted by molar-refractivity contribution is 7.86. The van der Waals surface area contributed by atoms with Crippen LogP contribution in [0.4, 0.5) is 4.79 Å². The van der Waals surface area contributed by atoms with Gasteiger partial charge in [0.2, 0.25) is 0 Å². The Labute approximate surface area is 177 Å². The number of piperidine rings is 1. The molecule has 8 heteroatoms. The van der Waals surface area contributed by atoms with E-state index < -0.39 is 21.8 Å². The van der Waals surface area contributed by atoms with Gasteiger partial charge in [-0.05, 0) is 37.5 Å². The number of amides is 1. The Kier molecular flexibility index (Phi) is 7.12. The number of aryl methyl sites for hydroxylation is 1. The van der Waals surface area contributed by atoms with Gasteiger partial charge in [0, 0.05) is 13.0 Å². The van der Waals surface area contributed by atoms with Crippen molar-refractivity contribution in [1.29, 1.82) is 0 Å². The summed E-state index contributed by atoms with van der Waals surface area (Å²) in [7, 11) is -3.89. The molecule has 7 nitrogen and oxygen atoms in total. The van der Waals surface area contributed by atoms with E-state index in [1.54, 1.807) is 12.1 Å². The molecule has 0 radical (unpaired) electrons. The van der Waals surface area contributed by atoms with Crippen LogP contribution in [0.3, 0.4) is 0 Å². The Balaban J connectivity index is 1.50. The third-order valence-electron chi connectivity index (χ3n) is 5.13. The largest absolute Gasteiger partial charge is 0.445 e. The first-order valence-electron chi connectivity index (χ1n) is 9.92. The second kappa shape index (κ2) is 9.59. The zero-order chi connectivity index (χ0) is 21.6. The maximum Gasteiger partial charge on any atom is 0.410 e. The molecule has 1 saturated heterocycles. The van der Waals surface area contributed by atoms with Gasteiger partial charge in [-0.25, -0.2) is 4.79 Å². The summed E-state index contributed by atoms with van der Waals surface area (Å²) in [5.74, 6) is 0. The van der Waals surface area contributed by atoms with Crippen LogP contribution < -0.4 is 0 Å². The van der Waals surface area contributed by atoms with Crippen molar-refractivity contribution < 1.29 is 27.2 Å². The Morgan fingerprint density at radius 1 is 1.13 bits per heavy atom. The van der Waals surface area contributed by atoms with Crippen molar-refractivity contribution in [3.63, 3.8) is 0 Å². The van der Waals surface area contributed by atoms with E-state index in [1.165, 1.54) is 17.0 Å². The number of benzene rings is 2. The zero-order valence-electron chi connectivity index (χ0n) is 17.0. The summed E-state index contributed by atoms with van der Waals surface area (Å²) in [6.07, 6.45) is 0.663. The van der Waals surface area contributed by atoms with E-state index in [1.807, 2.05) is 37.3 Å². The number of hydrogen-bond donors (Lipinski definition) is 1. The molecule has 2 aromatic carbocycles. The molecule has 1 aliphatic rings. The second-order valence-electron chi connectivity index (χ2n) is 7.63. The number of nitrogens with zero attached hydrogens (tertiary/aromatic N) is 1. The van der Waals surface area contributed by atoms with Gasteiger partial charge in [0.1, 0.15) is 6.61 Å². The smallest absolute Gasteiger partial charge is 0.410 e. The molecule has 1 aliphatic heterocycles. The molecule has 0 saturated carbocycles. The second-order valence-corrected chi connectivity index (χ2v) is 9.24. The van der Waals surface area contributed by atoms with Gasteiger partial charge in [0.15, 0.2) is 0 Å². The van der Waals surface area contributed by atoms with Crippen LogP contribution in [0.1, 0.15) is 30.4 Å². The van der Waals surface area contributed by atoms with Crippen LogP contribution >= 0.6 is 0 Å². The number of carbonyl (C=O) groups is 1. The average Bonchev–Trinajstić information content (AvgIpc) is 2.73. The maximum absolute atomic E-state index is 12.4. The fourth-order valence-electron chi connectivity index (χ4n) is 3.40. The number of β-amino-alcohol motifs (C(OH)–C–C–N with tert-alkyl or cyclic N) is 1. The highest BCUT2D eigenvalue weighted by atomic mass is 32.2. The molecule has 30 heavy (non-hydrogen) atoms. The van der Waals surface area contributed by atoms with Crippen LogP contribution in [0.25, 0.3) is 0 Å². The summed E-state index contributed by atoms with van der Waals surface area (Å²) >= 11 is 0. The van der Waals surface area contributed by atoms with Crippen molar-refractivity contribution in [1.82, 2.24) is 4.90 Å². The topological polar surface area (TPSA) is 93.1 Å².